The number of hydrogen-bond acceptors (Lipinski definition) is 2. The summed E-state index contributed by atoms with van der Waals surface area (Å²) >= 11 is 7.35. The van der Waals surface area contributed by atoms with Crippen LogP contribution in [0.5, 0.6) is 0 Å². The number of halogens is 1. The molecule has 0 bridgehead atoms. The summed E-state index contributed by atoms with van der Waals surface area (Å²) in [6.45, 7) is 1.98. The second-order valence-corrected chi connectivity index (χ2v) is 5.29. The average molecular weight is 280 g/mol. The van der Waals surface area contributed by atoms with E-state index in [1.165, 1.54) is 0 Å². The molecule has 0 aliphatic carbocycles. The molecule has 0 spiro atoms. The lowest BCUT2D eigenvalue weighted by Gasteiger charge is -2.12. The van der Waals surface area contributed by atoms with E-state index in [0.29, 0.717) is 11.4 Å². The molecular weight excluding hydrogens is 266 g/mol. The minimum absolute atomic E-state index is 0.0326. The van der Waals surface area contributed by atoms with Crippen molar-refractivity contribution in [1.29, 1.82) is 0 Å². The zero-order chi connectivity index (χ0) is 13.0. The maximum atomic E-state index is 12.0. The molecular formula is C14H14ClNOS. The van der Waals surface area contributed by atoms with Gasteiger partial charge in [0.05, 0.1) is 6.04 Å². The number of carbonyl (C=O) groups excluding carboxylic acids is 1. The Labute approximate surface area is 116 Å². The molecule has 2 rings (SSSR count). The van der Waals surface area contributed by atoms with Crippen LogP contribution in [-0.4, -0.2) is 5.91 Å². The van der Waals surface area contributed by atoms with E-state index in [1.54, 1.807) is 23.5 Å². The fourth-order valence-corrected chi connectivity index (χ4v) is 2.55. The first kappa shape index (κ1) is 13.1. The van der Waals surface area contributed by atoms with Gasteiger partial charge in [-0.3, -0.25) is 4.79 Å². The summed E-state index contributed by atoms with van der Waals surface area (Å²) in [6.07, 6.45) is 0. The lowest BCUT2D eigenvalue weighted by Crippen LogP contribution is -2.26. The van der Waals surface area contributed by atoms with Gasteiger partial charge in [0.15, 0.2) is 0 Å². The van der Waals surface area contributed by atoms with Crippen LogP contribution in [0.25, 0.3) is 0 Å². The Kier molecular flexibility index (Phi) is 4.39. The Morgan fingerprint density at radius 3 is 2.61 bits per heavy atom. The summed E-state index contributed by atoms with van der Waals surface area (Å²) in [5.74, 6) is 0.407. The summed E-state index contributed by atoms with van der Waals surface area (Å²) < 4.78 is 0. The average Bonchev–Trinajstić information content (AvgIpc) is 2.92. The van der Waals surface area contributed by atoms with Gasteiger partial charge in [-0.2, -0.15) is 0 Å². The van der Waals surface area contributed by atoms with Gasteiger partial charge in [-0.05, 0) is 36.1 Å². The van der Waals surface area contributed by atoms with Crippen molar-refractivity contribution in [1.82, 2.24) is 5.32 Å². The van der Waals surface area contributed by atoms with Crippen molar-refractivity contribution in [2.75, 3.05) is 0 Å². The smallest absolute Gasteiger partial charge is 0.251 e. The Hall–Kier alpha value is -1.32. The fraction of sp³-hybridized carbons (Fsp3) is 0.214. The number of hydrogen-bond donors (Lipinski definition) is 1. The quantitative estimate of drug-likeness (QED) is 0.843. The van der Waals surface area contributed by atoms with Crippen LogP contribution in [0.4, 0.5) is 0 Å². The Morgan fingerprint density at radius 2 is 2.06 bits per heavy atom. The molecule has 0 fully saturated rings. The molecule has 18 heavy (non-hydrogen) atoms. The molecule has 0 aliphatic rings. The van der Waals surface area contributed by atoms with Crippen molar-refractivity contribution in [3.63, 3.8) is 0 Å². The molecule has 0 saturated heterocycles. The van der Waals surface area contributed by atoms with Crippen LogP contribution in [0, 0.1) is 0 Å². The predicted molar refractivity (Wildman–Crippen MR) is 76.2 cm³/mol. The molecule has 2 aromatic rings. The first-order valence-corrected chi connectivity index (χ1v) is 7.11. The maximum absolute atomic E-state index is 12.0. The molecule has 0 aliphatic heterocycles. The van der Waals surface area contributed by atoms with Crippen LogP contribution < -0.4 is 5.32 Å². The van der Waals surface area contributed by atoms with E-state index in [2.05, 4.69) is 5.32 Å². The van der Waals surface area contributed by atoms with Crippen LogP contribution >= 0.6 is 22.9 Å². The summed E-state index contributed by atoms with van der Waals surface area (Å²) in [5.41, 5.74) is 1.67. The van der Waals surface area contributed by atoms with Crippen molar-refractivity contribution >= 4 is 28.8 Å². The SMILES string of the molecule is C[C@H](NC(=O)c1ccc(CCl)cc1)c1cccs1. The van der Waals surface area contributed by atoms with Gasteiger partial charge in [0.2, 0.25) is 0 Å². The number of thiophene rings is 1. The third-order valence-corrected chi connectivity index (χ3v) is 4.05. The van der Waals surface area contributed by atoms with Gasteiger partial charge >= 0.3 is 0 Å². The zero-order valence-corrected chi connectivity index (χ0v) is 11.6. The summed E-state index contributed by atoms with van der Waals surface area (Å²) in [4.78, 5) is 13.2. The van der Waals surface area contributed by atoms with E-state index in [-0.39, 0.29) is 11.9 Å². The molecule has 2 nitrogen and oxygen atoms in total. The minimum atomic E-state index is -0.0583. The third-order valence-electron chi connectivity index (χ3n) is 2.69. The Bertz CT molecular complexity index is 507. The highest BCUT2D eigenvalue weighted by molar-refractivity contribution is 7.10. The molecule has 1 N–H and O–H groups in total. The van der Waals surface area contributed by atoms with Gasteiger partial charge in [0.1, 0.15) is 0 Å². The molecule has 0 saturated carbocycles. The van der Waals surface area contributed by atoms with Gasteiger partial charge in [-0.1, -0.05) is 18.2 Å². The maximum Gasteiger partial charge on any atom is 0.251 e. The summed E-state index contributed by atoms with van der Waals surface area (Å²) in [7, 11) is 0. The van der Waals surface area contributed by atoms with Crippen LogP contribution in [0.3, 0.4) is 0 Å². The van der Waals surface area contributed by atoms with E-state index in [0.717, 1.165) is 10.4 Å². The molecule has 1 aromatic carbocycles. The van der Waals surface area contributed by atoms with E-state index in [1.807, 2.05) is 36.6 Å². The molecule has 0 radical (unpaired) electrons. The lowest BCUT2D eigenvalue weighted by atomic mass is 10.1. The van der Waals surface area contributed by atoms with E-state index >= 15 is 0 Å². The predicted octanol–water partition coefficient (Wildman–Crippen LogP) is 3.98. The van der Waals surface area contributed by atoms with Gasteiger partial charge in [0.25, 0.3) is 5.91 Å². The van der Waals surface area contributed by atoms with Crippen LogP contribution in [-0.2, 0) is 5.88 Å². The Balaban J connectivity index is 2.03. The van der Waals surface area contributed by atoms with Crippen molar-refractivity contribution in [2.24, 2.45) is 0 Å². The second-order valence-electron chi connectivity index (χ2n) is 4.04. The van der Waals surface area contributed by atoms with Crippen molar-refractivity contribution < 1.29 is 4.79 Å². The molecule has 94 valence electrons. The largest absolute Gasteiger partial charge is 0.345 e. The van der Waals surface area contributed by atoms with E-state index in [4.69, 9.17) is 11.6 Å². The zero-order valence-electron chi connectivity index (χ0n) is 10.0. The van der Waals surface area contributed by atoms with Crippen LogP contribution in [0.2, 0.25) is 0 Å². The summed E-state index contributed by atoms with van der Waals surface area (Å²) in [6, 6.07) is 11.4. The van der Waals surface area contributed by atoms with Gasteiger partial charge in [0, 0.05) is 16.3 Å². The minimum Gasteiger partial charge on any atom is -0.345 e. The first-order valence-electron chi connectivity index (χ1n) is 5.70. The highest BCUT2D eigenvalue weighted by atomic mass is 35.5. The molecule has 1 atom stereocenters. The van der Waals surface area contributed by atoms with Gasteiger partial charge in [-0.25, -0.2) is 0 Å². The normalized spacial score (nSPS) is 12.1. The highest BCUT2D eigenvalue weighted by Crippen LogP contribution is 2.18. The number of rotatable bonds is 4. The number of carbonyl (C=O) groups is 1. The van der Waals surface area contributed by atoms with E-state index in [9.17, 15) is 4.79 Å². The highest BCUT2D eigenvalue weighted by Gasteiger charge is 2.11. The number of amides is 1. The molecule has 1 aromatic heterocycles. The number of alkyl halides is 1. The van der Waals surface area contributed by atoms with Crippen LogP contribution in [0.1, 0.15) is 33.8 Å². The molecule has 4 heteroatoms. The van der Waals surface area contributed by atoms with Crippen molar-refractivity contribution in [3.8, 4) is 0 Å². The topological polar surface area (TPSA) is 29.1 Å². The summed E-state index contributed by atoms with van der Waals surface area (Å²) in [5, 5.41) is 4.98. The fourth-order valence-electron chi connectivity index (χ4n) is 1.63. The Morgan fingerprint density at radius 1 is 1.33 bits per heavy atom. The monoisotopic (exact) mass is 279 g/mol. The molecule has 1 amide bonds. The molecule has 1 heterocycles. The van der Waals surface area contributed by atoms with Gasteiger partial charge in [-0.15, -0.1) is 22.9 Å². The molecule has 0 unspecified atom stereocenters. The standard InChI is InChI=1S/C14H14ClNOS/c1-10(13-3-2-8-18-13)16-14(17)12-6-4-11(9-15)5-7-12/h2-8,10H,9H2,1H3,(H,16,17)/t10-/m0/s1. The second kappa shape index (κ2) is 6.03. The number of benzene rings is 1. The lowest BCUT2D eigenvalue weighted by molar-refractivity contribution is 0.0940. The third kappa shape index (κ3) is 3.12. The van der Waals surface area contributed by atoms with Crippen molar-refractivity contribution in [2.45, 2.75) is 18.8 Å². The van der Waals surface area contributed by atoms with Crippen LogP contribution in [0.15, 0.2) is 41.8 Å². The van der Waals surface area contributed by atoms with E-state index < -0.39 is 0 Å². The van der Waals surface area contributed by atoms with Crippen molar-refractivity contribution in [3.05, 3.63) is 57.8 Å². The van der Waals surface area contributed by atoms with Gasteiger partial charge < -0.3 is 5.32 Å². The number of nitrogens with one attached hydrogen (secondary N) is 1. The first-order chi connectivity index (χ1) is 8.70.